The van der Waals surface area contributed by atoms with Crippen LogP contribution in [0.3, 0.4) is 0 Å². The summed E-state index contributed by atoms with van der Waals surface area (Å²) in [6.45, 7) is 3.77. The second-order valence-corrected chi connectivity index (χ2v) is 6.52. The highest BCUT2D eigenvalue weighted by atomic mass is 35.5. The topological polar surface area (TPSA) is 78.4 Å². The minimum absolute atomic E-state index is 0.00503. The van der Waals surface area contributed by atoms with Gasteiger partial charge in [0.25, 0.3) is 0 Å². The first-order valence-corrected chi connectivity index (χ1v) is 8.17. The third kappa shape index (κ3) is 2.95. The molecular weight excluding hydrogens is 361 g/mol. The second kappa shape index (κ2) is 6.40. The smallest absolute Gasteiger partial charge is 0.337 e. The number of hydrogen-bond acceptors (Lipinski definition) is 3. The summed E-state index contributed by atoms with van der Waals surface area (Å²) in [6, 6.07) is 6.81. The molecule has 3 rings (SSSR count). The number of hydrogen-bond donors (Lipinski definition) is 1. The van der Waals surface area contributed by atoms with Crippen molar-refractivity contribution in [3.8, 4) is 6.07 Å². The van der Waals surface area contributed by atoms with E-state index in [2.05, 4.69) is 11.1 Å². The predicted octanol–water partition coefficient (Wildman–Crippen LogP) is 4.42. The van der Waals surface area contributed by atoms with Crippen LogP contribution in [0.4, 0.5) is 0 Å². The summed E-state index contributed by atoms with van der Waals surface area (Å²) in [6.07, 6.45) is 2.03. The van der Waals surface area contributed by atoms with E-state index >= 15 is 0 Å². The molecule has 5 nitrogen and oxygen atoms in total. The molecule has 0 saturated heterocycles. The summed E-state index contributed by atoms with van der Waals surface area (Å²) in [4.78, 5) is 15.9. The van der Waals surface area contributed by atoms with Gasteiger partial charge in [0, 0.05) is 23.3 Å². The summed E-state index contributed by atoms with van der Waals surface area (Å²) >= 11 is 12.5. The summed E-state index contributed by atoms with van der Waals surface area (Å²) in [7, 11) is 0. The van der Waals surface area contributed by atoms with E-state index in [1.54, 1.807) is 12.3 Å². The van der Waals surface area contributed by atoms with Gasteiger partial charge in [0.15, 0.2) is 0 Å². The molecule has 0 bridgehead atoms. The number of fused-ring (bicyclic) bond motifs is 1. The number of aromatic carboxylic acids is 1. The number of halogens is 2. The number of carboxylic acid groups (broad SMARTS) is 1. The molecule has 0 radical (unpaired) electrons. The van der Waals surface area contributed by atoms with Gasteiger partial charge in [-0.1, -0.05) is 23.2 Å². The molecule has 0 atom stereocenters. The van der Waals surface area contributed by atoms with Crippen molar-refractivity contribution in [3.05, 3.63) is 68.1 Å². The lowest BCUT2D eigenvalue weighted by atomic mass is 10.0. The van der Waals surface area contributed by atoms with E-state index in [1.807, 2.05) is 18.2 Å². The Morgan fingerprint density at radius 1 is 1.36 bits per heavy atom. The van der Waals surface area contributed by atoms with Gasteiger partial charge in [0.05, 0.1) is 21.8 Å². The van der Waals surface area contributed by atoms with Gasteiger partial charge >= 0.3 is 5.97 Å². The Morgan fingerprint density at radius 3 is 2.72 bits per heavy atom. The molecule has 7 heteroatoms. The first-order chi connectivity index (χ1) is 11.8. The highest BCUT2D eigenvalue weighted by Gasteiger charge is 2.19. The normalized spacial score (nSPS) is 10.8. The van der Waals surface area contributed by atoms with E-state index in [-0.39, 0.29) is 10.6 Å². The van der Waals surface area contributed by atoms with Crippen molar-refractivity contribution in [1.82, 2.24) is 9.38 Å². The largest absolute Gasteiger partial charge is 0.478 e. The zero-order valence-electron chi connectivity index (χ0n) is 13.5. The number of carbonyl (C=O) groups is 1. The fraction of sp³-hybridized carbons (Fsp3) is 0.167. The van der Waals surface area contributed by atoms with Crippen LogP contribution in [0.1, 0.15) is 38.4 Å². The first-order valence-electron chi connectivity index (χ1n) is 7.42. The predicted molar refractivity (Wildman–Crippen MR) is 95.6 cm³/mol. The molecule has 0 spiro atoms. The van der Waals surface area contributed by atoms with E-state index in [9.17, 15) is 9.90 Å². The Labute approximate surface area is 154 Å². The lowest BCUT2D eigenvalue weighted by molar-refractivity contribution is 0.0697. The Kier molecular flexibility index (Phi) is 4.42. The third-order valence-electron chi connectivity index (χ3n) is 4.13. The molecule has 3 aromatic rings. The minimum atomic E-state index is -1.11. The molecule has 0 amide bonds. The summed E-state index contributed by atoms with van der Waals surface area (Å²) in [5, 5.41) is 18.9. The van der Waals surface area contributed by atoms with Crippen molar-refractivity contribution in [1.29, 1.82) is 5.26 Å². The van der Waals surface area contributed by atoms with Gasteiger partial charge in [-0.05, 0) is 43.2 Å². The quantitative estimate of drug-likeness (QED) is 0.736. The van der Waals surface area contributed by atoms with Gasteiger partial charge < -0.3 is 9.51 Å². The van der Waals surface area contributed by atoms with E-state index in [0.29, 0.717) is 22.6 Å². The SMILES string of the molecule is Cc1cc(C#N)cn2c(C)c(Cc3c(Cl)ccc(C(=O)O)c3Cl)nc12. The van der Waals surface area contributed by atoms with Gasteiger partial charge in [0.1, 0.15) is 11.7 Å². The van der Waals surface area contributed by atoms with Gasteiger partial charge in [-0.2, -0.15) is 5.26 Å². The second-order valence-electron chi connectivity index (χ2n) is 5.73. The van der Waals surface area contributed by atoms with Crippen LogP contribution in [0, 0.1) is 25.2 Å². The summed E-state index contributed by atoms with van der Waals surface area (Å²) in [5.74, 6) is -1.11. The fourth-order valence-corrected chi connectivity index (χ4v) is 3.38. The van der Waals surface area contributed by atoms with Crippen LogP contribution < -0.4 is 0 Å². The number of benzene rings is 1. The number of aromatic nitrogens is 2. The maximum absolute atomic E-state index is 11.3. The average Bonchev–Trinajstić information content (AvgIpc) is 2.88. The fourth-order valence-electron chi connectivity index (χ4n) is 2.79. The Morgan fingerprint density at radius 2 is 2.08 bits per heavy atom. The molecule has 2 heterocycles. The Bertz CT molecular complexity index is 1060. The lowest BCUT2D eigenvalue weighted by Crippen LogP contribution is -2.02. The molecule has 0 saturated carbocycles. The number of nitrogens with zero attached hydrogens (tertiary/aromatic N) is 3. The monoisotopic (exact) mass is 373 g/mol. The molecule has 0 fully saturated rings. The molecule has 0 unspecified atom stereocenters. The molecule has 126 valence electrons. The van der Waals surface area contributed by atoms with Crippen molar-refractivity contribution >= 4 is 34.8 Å². The maximum Gasteiger partial charge on any atom is 0.337 e. The highest BCUT2D eigenvalue weighted by molar-refractivity contribution is 6.37. The van der Waals surface area contributed by atoms with Crippen LogP contribution in [-0.2, 0) is 6.42 Å². The number of aryl methyl sites for hydroxylation is 2. The van der Waals surface area contributed by atoms with Gasteiger partial charge in [0.2, 0.25) is 0 Å². The maximum atomic E-state index is 11.3. The average molecular weight is 374 g/mol. The number of rotatable bonds is 3. The molecule has 0 aliphatic rings. The van der Waals surface area contributed by atoms with Crippen molar-refractivity contribution in [2.24, 2.45) is 0 Å². The standard InChI is InChI=1S/C18H13Cl2N3O2/c1-9-5-11(7-21)8-23-10(2)15(22-17(9)23)6-13-14(19)4-3-12(16(13)20)18(24)25/h3-5,8H,6H2,1-2H3,(H,24,25). The minimum Gasteiger partial charge on any atom is -0.478 e. The summed E-state index contributed by atoms with van der Waals surface area (Å²) in [5.41, 5.74) is 4.27. The first kappa shape index (κ1) is 17.3. The van der Waals surface area contributed by atoms with E-state index in [4.69, 9.17) is 28.5 Å². The number of pyridine rings is 1. The van der Waals surface area contributed by atoms with Gasteiger partial charge in [-0.3, -0.25) is 0 Å². The lowest BCUT2D eigenvalue weighted by Gasteiger charge is -2.09. The molecule has 25 heavy (non-hydrogen) atoms. The molecule has 1 N–H and O–H groups in total. The van der Waals surface area contributed by atoms with Crippen molar-refractivity contribution in [2.75, 3.05) is 0 Å². The number of nitriles is 1. The van der Waals surface area contributed by atoms with Crippen LogP contribution in [0.5, 0.6) is 0 Å². The van der Waals surface area contributed by atoms with Crippen molar-refractivity contribution in [2.45, 2.75) is 20.3 Å². The number of imidazole rings is 1. The molecular formula is C18H13Cl2N3O2. The van der Waals surface area contributed by atoms with E-state index in [0.717, 1.165) is 22.6 Å². The van der Waals surface area contributed by atoms with Crippen molar-refractivity contribution in [3.63, 3.8) is 0 Å². The van der Waals surface area contributed by atoms with Crippen LogP contribution in [0.2, 0.25) is 10.0 Å². The van der Waals surface area contributed by atoms with Crippen LogP contribution in [0.15, 0.2) is 24.4 Å². The molecule has 1 aromatic carbocycles. The van der Waals surface area contributed by atoms with Crippen LogP contribution in [-0.4, -0.2) is 20.5 Å². The van der Waals surface area contributed by atoms with Gasteiger partial charge in [-0.15, -0.1) is 0 Å². The van der Waals surface area contributed by atoms with Crippen LogP contribution in [0.25, 0.3) is 5.65 Å². The Hall–Kier alpha value is -2.55. The summed E-state index contributed by atoms with van der Waals surface area (Å²) < 4.78 is 1.85. The molecule has 0 aliphatic heterocycles. The van der Waals surface area contributed by atoms with E-state index < -0.39 is 5.97 Å². The molecule has 2 aromatic heterocycles. The zero-order valence-corrected chi connectivity index (χ0v) is 15.0. The Balaban J connectivity index is 2.15. The number of carboxylic acids is 1. The van der Waals surface area contributed by atoms with Crippen molar-refractivity contribution < 1.29 is 9.90 Å². The zero-order chi connectivity index (χ0) is 18.3. The highest BCUT2D eigenvalue weighted by Crippen LogP contribution is 2.31. The van der Waals surface area contributed by atoms with Crippen LogP contribution >= 0.6 is 23.2 Å². The van der Waals surface area contributed by atoms with E-state index in [1.165, 1.54) is 12.1 Å². The molecule has 0 aliphatic carbocycles. The third-order valence-corrected chi connectivity index (χ3v) is 4.92. The van der Waals surface area contributed by atoms with Gasteiger partial charge in [-0.25, -0.2) is 9.78 Å².